The summed E-state index contributed by atoms with van der Waals surface area (Å²) < 4.78 is 4.83. The molecular formula is C10H16O3. The molecule has 1 aliphatic carbocycles. The van der Waals surface area contributed by atoms with Gasteiger partial charge in [0.15, 0.2) is 0 Å². The first kappa shape index (κ1) is 10.2. The zero-order valence-electron chi connectivity index (χ0n) is 8.21. The Bertz CT molecular complexity index is 188. The number of hydrogen-bond donors (Lipinski definition) is 0. The molecule has 0 heterocycles. The number of esters is 1. The van der Waals surface area contributed by atoms with Gasteiger partial charge in [-0.2, -0.15) is 0 Å². The number of ketones is 1. The molecule has 0 aliphatic heterocycles. The molecule has 0 saturated heterocycles. The maximum atomic E-state index is 11.3. The highest BCUT2D eigenvalue weighted by atomic mass is 16.5. The van der Waals surface area contributed by atoms with Crippen LogP contribution >= 0.6 is 0 Å². The van der Waals surface area contributed by atoms with E-state index in [-0.39, 0.29) is 23.6 Å². The number of carbonyl (C=O) groups is 2. The van der Waals surface area contributed by atoms with Crippen LogP contribution in [0.15, 0.2) is 0 Å². The first-order chi connectivity index (χ1) is 6.20. The van der Waals surface area contributed by atoms with Gasteiger partial charge in [0.25, 0.3) is 0 Å². The van der Waals surface area contributed by atoms with Gasteiger partial charge in [0.05, 0.1) is 12.5 Å². The van der Waals surface area contributed by atoms with E-state index in [0.717, 1.165) is 6.42 Å². The lowest BCUT2D eigenvalue weighted by molar-refractivity contribution is -0.145. The van der Waals surface area contributed by atoms with Crippen molar-refractivity contribution in [1.29, 1.82) is 0 Å². The number of ether oxygens (including phenoxy) is 1. The second-order valence-corrected chi connectivity index (χ2v) is 3.42. The monoisotopic (exact) mass is 184 g/mol. The van der Waals surface area contributed by atoms with Gasteiger partial charge in [0, 0.05) is 12.3 Å². The number of rotatable bonds is 5. The van der Waals surface area contributed by atoms with E-state index >= 15 is 0 Å². The summed E-state index contributed by atoms with van der Waals surface area (Å²) in [5.41, 5.74) is 0. The summed E-state index contributed by atoms with van der Waals surface area (Å²) in [5, 5.41) is 0. The fourth-order valence-electron chi connectivity index (χ4n) is 1.49. The average molecular weight is 184 g/mol. The molecule has 0 aromatic carbocycles. The van der Waals surface area contributed by atoms with Gasteiger partial charge in [-0.25, -0.2) is 0 Å². The largest absolute Gasteiger partial charge is 0.466 e. The first-order valence-corrected chi connectivity index (χ1v) is 4.90. The summed E-state index contributed by atoms with van der Waals surface area (Å²) >= 11 is 0. The van der Waals surface area contributed by atoms with Crippen molar-refractivity contribution in [2.24, 2.45) is 11.8 Å². The van der Waals surface area contributed by atoms with E-state index in [4.69, 9.17) is 4.74 Å². The molecule has 1 rings (SSSR count). The minimum atomic E-state index is -0.197. The third-order valence-electron chi connectivity index (χ3n) is 2.29. The zero-order valence-corrected chi connectivity index (χ0v) is 8.21. The van der Waals surface area contributed by atoms with Crippen LogP contribution in [0.2, 0.25) is 0 Å². The summed E-state index contributed by atoms with van der Waals surface area (Å²) in [4.78, 5) is 22.5. The lowest BCUT2D eigenvalue weighted by atomic mass is 10.1. The van der Waals surface area contributed by atoms with Gasteiger partial charge >= 0.3 is 5.97 Å². The Hall–Kier alpha value is -0.860. The molecule has 3 heteroatoms. The third-order valence-corrected chi connectivity index (χ3v) is 2.29. The quantitative estimate of drug-likeness (QED) is 0.609. The zero-order chi connectivity index (χ0) is 9.84. The molecule has 2 atom stereocenters. The predicted molar refractivity (Wildman–Crippen MR) is 48.1 cm³/mol. The van der Waals surface area contributed by atoms with E-state index in [0.29, 0.717) is 19.4 Å². The van der Waals surface area contributed by atoms with Crippen LogP contribution in [0.4, 0.5) is 0 Å². The van der Waals surface area contributed by atoms with Crippen molar-refractivity contribution in [3.8, 4) is 0 Å². The van der Waals surface area contributed by atoms with E-state index in [2.05, 4.69) is 0 Å². The highest BCUT2D eigenvalue weighted by Gasteiger charge is 2.48. The van der Waals surface area contributed by atoms with E-state index in [9.17, 15) is 9.59 Å². The molecular weight excluding hydrogens is 168 g/mol. The van der Waals surface area contributed by atoms with Crippen molar-refractivity contribution >= 4 is 11.8 Å². The van der Waals surface area contributed by atoms with Crippen molar-refractivity contribution in [1.82, 2.24) is 0 Å². The molecule has 0 radical (unpaired) electrons. The molecule has 13 heavy (non-hydrogen) atoms. The molecule has 0 aromatic rings. The predicted octanol–water partition coefficient (Wildman–Crippen LogP) is 1.55. The van der Waals surface area contributed by atoms with Crippen LogP contribution in [0.25, 0.3) is 0 Å². The highest BCUT2D eigenvalue weighted by molar-refractivity contribution is 5.91. The summed E-state index contributed by atoms with van der Waals surface area (Å²) in [6.07, 6.45) is 2.17. The maximum Gasteiger partial charge on any atom is 0.309 e. The molecule has 0 amide bonds. The van der Waals surface area contributed by atoms with Crippen LogP contribution in [0.5, 0.6) is 0 Å². The van der Waals surface area contributed by atoms with Crippen molar-refractivity contribution < 1.29 is 14.3 Å². The maximum absolute atomic E-state index is 11.3. The Morgan fingerprint density at radius 3 is 2.54 bits per heavy atom. The third kappa shape index (κ3) is 2.54. The second-order valence-electron chi connectivity index (χ2n) is 3.42. The first-order valence-electron chi connectivity index (χ1n) is 4.90. The van der Waals surface area contributed by atoms with Gasteiger partial charge in [-0.3, -0.25) is 9.59 Å². The molecule has 1 fully saturated rings. The minimum Gasteiger partial charge on any atom is -0.466 e. The highest BCUT2D eigenvalue weighted by Crippen LogP contribution is 2.41. The van der Waals surface area contributed by atoms with Gasteiger partial charge in [-0.1, -0.05) is 6.92 Å². The molecule has 0 bridgehead atoms. The molecule has 74 valence electrons. The van der Waals surface area contributed by atoms with E-state index < -0.39 is 0 Å². The van der Waals surface area contributed by atoms with Crippen LogP contribution in [0.1, 0.15) is 33.1 Å². The summed E-state index contributed by atoms with van der Waals surface area (Å²) in [7, 11) is 0. The van der Waals surface area contributed by atoms with Gasteiger partial charge in [-0.15, -0.1) is 0 Å². The Balaban J connectivity index is 2.29. The SMILES string of the molecule is CCCC(=O)[C@H]1C[C@H]1C(=O)OCC. The molecule has 0 N–H and O–H groups in total. The average Bonchev–Trinajstić information content (AvgIpc) is 2.84. The van der Waals surface area contributed by atoms with Crippen molar-refractivity contribution in [3.63, 3.8) is 0 Å². The minimum absolute atomic E-state index is 0.0287. The molecule has 0 aromatic heterocycles. The van der Waals surface area contributed by atoms with Crippen molar-refractivity contribution in [2.75, 3.05) is 6.61 Å². The Morgan fingerprint density at radius 2 is 2.00 bits per heavy atom. The number of Topliss-reactive ketones (excluding diaryl/α,β-unsaturated/α-hetero) is 1. The normalized spacial score (nSPS) is 25.4. The molecule has 0 spiro atoms. The number of hydrogen-bond acceptors (Lipinski definition) is 3. The standard InChI is InChI=1S/C10H16O3/c1-3-5-9(11)7-6-8(7)10(12)13-4-2/h7-8H,3-6H2,1-2H3/t7-,8+/m0/s1. The van der Waals surface area contributed by atoms with Crippen LogP contribution in [0, 0.1) is 11.8 Å². The van der Waals surface area contributed by atoms with E-state index in [1.54, 1.807) is 6.92 Å². The van der Waals surface area contributed by atoms with Gasteiger partial charge in [-0.05, 0) is 19.8 Å². The van der Waals surface area contributed by atoms with Crippen LogP contribution in [-0.4, -0.2) is 18.4 Å². The van der Waals surface area contributed by atoms with E-state index in [1.807, 2.05) is 6.92 Å². The Labute approximate surface area is 78.5 Å². The lowest BCUT2D eigenvalue weighted by Gasteiger charge is -1.99. The van der Waals surface area contributed by atoms with Crippen molar-refractivity contribution in [2.45, 2.75) is 33.1 Å². The molecule has 1 aliphatic rings. The topological polar surface area (TPSA) is 43.4 Å². The van der Waals surface area contributed by atoms with E-state index in [1.165, 1.54) is 0 Å². The van der Waals surface area contributed by atoms with Crippen LogP contribution < -0.4 is 0 Å². The summed E-state index contributed by atoms with van der Waals surface area (Å²) in [6.45, 7) is 4.16. The summed E-state index contributed by atoms with van der Waals surface area (Å²) in [5.74, 6) is -0.129. The Kier molecular flexibility index (Phi) is 3.46. The van der Waals surface area contributed by atoms with Crippen LogP contribution in [-0.2, 0) is 14.3 Å². The fraction of sp³-hybridized carbons (Fsp3) is 0.800. The van der Waals surface area contributed by atoms with Crippen LogP contribution in [0.3, 0.4) is 0 Å². The van der Waals surface area contributed by atoms with Gasteiger partial charge in [0.1, 0.15) is 5.78 Å². The molecule has 3 nitrogen and oxygen atoms in total. The molecule has 0 unspecified atom stereocenters. The van der Waals surface area contributed by atoms with Gasteiger partial charge < -0.3 is 4.74 Å². The van der Waals surface area contributed by atoms with Crippen molar-refractivity contribution in [3.05, 3.63) is 0 Å². The second kappa shape index (κ2) is 4.40. The molecule has 1 saturated carbocycles. The number of carbonyl (C=O) groups excluding carboxylic acids is 2. The fourth-order valence-corrected chi connectivity index (χ4v) is 1.49. The summed E-state index contributed by atoms with van der Waals surface area (Å²) in [6, 6.07) is 0. The smallest absolute Gasteiger partial charge is 0.309 e. The van der Waals surface area contributed by atoms with Gasteiger partial charge in [0.2, 0.25) is 0 Å². The lowest BCUT2D eigenvalue weighted by Crippen LogP contribution is -2.11. The Morgan fingerprint density at radius 1 is 1.31 bits per heavy atom.